The van der Waals surface area contributed by atoms with Gasteiger partial charge in [0.1, 0.15) is 24.1 Å². The first-order valence-corrected chi connectivity index (χ1v) is 12.4. The number of hydrogen-bond acceptors (Lipinski definition) is 8. The maximum atomic E-state index is 12.6. The Bertz CT molecular complexity index is 1240. The summed E-state index contributed by atoms with van der Waals surface area (Å²) in [6.07, 6.45) is 9.43. The Hall–Kier alpha value is -3.81. The number of esters is 1. The van der Waals surface area contributed by atoms with Crippen LogP contribution in [0.25, 0.3) is 17.0 Å². The van der Waals surface area contributed by atoms with Crippen molar-refractivity contribution in [3.8, 4) is 23.1 Å². The van der Waals surface area contributed by atoms with E-state index in [4.69, 9.17) is 14.2 Å². The van der Waals surface area contributed by atoms with Crippen molar-refractivity contribution in [2.75, 3.05) is 13.7 Å². The Morgan fingerprint density at radius 3 is 2.53 bits per heavy atom. The van der Waals surface area contributed by atoms with Crippen LogP contribution in [0.15, 0.2) is 42.9 Å². The number of benzene rings is 1. The maximum Gasteiger partial charge on any atom is 0.345 e. The molecule has 3 aromatic rings. The normalized spacial score (nSPS) is 13.4. The lowest BCUT2D eigenvalue weighted by Gasteiger charge is -2.14. The molecule has 8 heteroatoms. The standard InChI is InChI=1S/C28H32N4O4/c1-5-7-8-18(3)20-11-9-19(10-12-20)16-36-26-22(28(33)35-6-2)15-29-25(32-26)23-24(21-13-14-21)30-17-31-27(23)34-4/h8-12,15,17,21H,5-7,13-14,16H2,1-4H3. The summed E-state index contributed by atoms with van der Waals surface area (Å²) in [6, 6.07) is 8.19. The lowest BCUT2D eigenvalue weighted by atomic mass is 10.0. The monoisotopic (exact) mass is 488 g/mol. The van der Waals surface area contributed by atoms with Crippen LogP contribution in [0.4, 0.5) is 0 Å². The molecule has 0 unspecified atom stereocenters. The molecule has 2 aromatic heterocycles. The average Bonchev–Trinajstić information content (AvgIpc) is 3.76. The van der Waals surface area contributed by atoms with E-state index in [0.717, 1.165) is 36.9 Å². The van der Waals surface area contributed by atoms with E-state index in [0.29, 0.717) is 23.2 Å². The topological polar surface area (TPSA) is 96.3 Å². The summed E-state index contributed by atoms with van der Waals surface area (Å²) >= 11 is 0. The van der Waals surface area contributed by atoms with E-state index in [1.54, 1.807) is 14.0 Å². The van der Waals surface area contributed by atoms with Gasteiger partial charge in [-0.1, -0.05) is 43.7 Å². The number of carbonyl (C=O) groups excluding carboxylic acids is 1. The number of nitrogens with zero attached hydrogens (tertiary/aromatic N) is 4. The smallest absolute Gasteiger partial charge is 0.345 e. The van der Waals surface area contributed by atoms with Crippen molar-refractivity contribution in [2.24, 2.45) is 0 Å². The van der Waals surface area contributed by atoms with E-state index in [1.165, 1.54) is 23.7 Å². The minimum Gasteiger partial charge on any atom is -0.480 e. The summed E-state index contributed by atoms with van der Waals surface area (Å²) in [4.78, 5) is 30.4. The molecule has 1 aliphatic carbocycles. The molecule has 8 nitrogen and oxygen atoms in total. The minimum atomic E-state index is -0.537. The van der Waals surface area contributed by atoms with E-state index >= 15 is 0 Å². The highest BCUT2D eigenvalue weighted by Crippen LogP contribution is 2.45. The van der Waals surface area contributed by atoms with Gasteiger partial charge in [-0.3, -0.25) is 0 Å². The molecule has 0 spiro atoms. The summed E-state index contributed by atoms with van der Waals surface area (Å²) in [5.41, 5.74) is 5.02. The van der Waals surface area contributed by atoms with Gasteiger partial charge in [0, 0.05) is 12.1 Å². The van der Waals surface area contributed by atoms with Crippen LogP contribution in [-0.2, 0) is 11.3 Å². The maximum absolute atomic E-state index is 12.6. The third-order valence-electron chi connectivity index (χ3n) is 6.00. The molecule has 2 heterocycles. The molecule has 0 amide bonds. The van der Waals surface area contributed by atoms with Crippen LogP contribution in [0.5, 0.6) is 11.8 Å². The fraction of sp³-hybridized carbons (Fsp3) is 0.393. The summed E-state index contributed by atoms with van der Waals surface area (Å²) < 4.78 is 16.8. The quantitative estimate of drug-likeness (QED) is 0.314. The summed E-state index contributed by atoms with van der Waals surface area (Å²) in [6.45, 7) is 6.51. The lowest BCUT2D eigenvalue weighted by molar-refractivity contribution is 0.0519. The number of aromatic nitrogens is 4. The van der Waals surface area contributed by atoms with Crippen molar-refractivity contribution in [1.82, 2.24) is 19.9 Å². The lowest BCUT2D eigenvalue weighted by Crippen LogP contribution is -2.11. The molecule has 4 rings (SSSR count). The highest BCUT2D eigenvalue weighted by Gasteiger charge is 2.32. The fourth-order valence-corrected chi connectivity index (χ4v) is 3.85. The number of carbonyl (C=O) groups is 1. The third-order valence-corrected chi connectivity index (χ3v) is 6.00. The van der Waals surface area contributed by atoms with Crippen molar-refractivity contribution in [3.63, 3.8) is 0 Å². The zero-order valence-electron chi connectivity index (χ0n) is 21.3. The Morgan fingerprint density at radius 1 is 1.08 bits per heavy atom. The van der Waals surface area contributed by atoms with E-state index < -0.39 is 5.97 Å². The van der Waals surface area contributed by atoms with Gasteiger partial charge in [-0.15, -0.1) is 0 Å². The number of ether oxygens (including phenoxy) is 3. The molecule has 1 aromatic carbocycles. The Morgan fingerprint density at radius 2 is 1.86 bits per heavy atom. The second-order valence-corrected chi connectivity index (χ2v) is 8.71. The molecular formula is C28H32N4O4. The molecule has 188 valence electrons. The summed E-state index contributed by atoms with van der Waals surface area (Å²) in [7, 11) is 1.55. The van der Waals surface area contributed by atoms with Gasteiger partial charge in [-0.05, 0) is 49.8 Å². The first-order chi connectivity index (χ1) is 17.5. The van der Waals surface area contributed by atoms with Crippen molar-refractivity contribution in [3.05, 3.63) is 65.2 Å². The van der Waals surface area contributed by atoms with Gasteiger partial charge < -0.3 is 14.2 Å². The molecule has 0 saturated heterocycles. The Balaban J connectivity index is 1.63. The molecule has 0 radical (unpaired) electrons. The largest absolute Gasteiger partial charge is 0.480 e. The van der Waals surface area contributed by atoms with Gasteiger partial charge in [-0.25, -0.2) is 19.7 Å². The van der Waals surface area contributed by atoms with Crippen LogP contribution in [0.2, 0.25) is 0 Å². The molecule has 1 saturated carbocycles. The highest BCUT2D eigenvalue weighted by atomic mass is 16.5. The second-order valence-electron chi connectivity index (χ2n) is 8.71. The predicted molar refractivity (Wildman–Crippen MR) is 137 cm³/mol. The molecule has 36 heavy (non-hydrogen) atoms. The SMILES string of the molecule is CCCC=C(C)c1ccc(COc2nc(-c3c(OC)ncnc3C3CC3)ncc2C(=O)OCC)cc1. The number of rotatable bonds is 11. The zero-order chi connectivity index (χ0) is 25.5. The number of methoxy groups -OCH3 is 1. The van der Waals surface area contributed by atoms with Gasteiger partial charge in [0.05, 0.1) is 19.4 Å². The minimum absolute atomic E-state index is 0.147. The second kappa shape index (κ2) is 11.7. The van der Waals surface area contributed by atoms with Crippen molar-refractivity contribution in [2.45, 2.75) is 59.0 Å². The van der Waals surface area contributed by atoms with E-state index in [1.807, 2.05) is 12.1 Å². The highest BCUT2D eigenvalue weighted by molar-refractivity contribution is 5.91. The molecule has 0 N–H and O–H groups in total. The number of hydrogen-bond donors (Lipinski definition) is 0. The van der Waals surface area contributed by atoms with Crippen LogP contribution in [0, 0.1) is 0 Å². The van der Waals surface area contributed by atoms with Crippen molar-refractivity contribution < 1.29 is 19.0 Å². The first kappa shape index (κ1) is 25.3. The molecule has 0 atom stereocenters. The Kier molecular flexibility index (Phi) is 8.25. The predicted octanol–water partition coefficient (Wildman–Crippen LogP) is 5.78. The zero-order valence-corrected chi connectivity index (χ0v) is 21.3. The molecular weight excluding hydrogens is 456 g/mol. The van der Waals surface area contributed by atoms with Gasteiger partial charge in [0.25, 0.3) is 0 Å². The summed E-state index contributed by atoms with van der Waals surface area (Å²) in [5, 5.41) is 0. The van der Waals surface area contributed by atoms with E-state index in [-0.39, 0.29) is 24.7 Å². The van der Waals surface area contributed by atoms with Gasteiger partial charge >= 0.3 is 5.97 Å². The molecule has 0 aliphatic heterocycles. The van der Waals surface area contributed by atoms with Crippen LogP contribution < -0.4 is 9.47 Å². The molecule has 1 fully saturated rings. The van der Waals surface area contributed by atoms with Crippen molar-refractivity contribution >= 4 is 11.5 Å². The van der Waals surface area contributed by atoms with Gasteiger partial charge in [-0.2, -0.15) is 4.98 Å². The van der Waals surface area contributed by atoms with Crippen LogP contribution in [-0.4, -0.2) is 39.6 Å². The summed E-state index contributed by atoms with van der Waals surface area (Å²) in [5.74, 6) is 0.676. The average molecular weight is 489 g/mol. The molecule has 0 bridgehead atoms. The fourth-order valence-electron chi connectivity index (χ4n) is 3.85. The first-order valence-electron chi connectivity index (χ1n) is 12.4. The van der Waals surface area contributed by atoms with E-state index in [9.17, 15) is 4.79 Å². The Labute approximate surface area is 211 Å². The third kappa shape index (κ3) is 5.87. The van der Waals surface area contributed by atoms with Gasteiger partial charge in [0.15, 0.2) is 5.82 Å². The number of unbranched alkanes of at least 4 members (excludes halogenated alkanes) is 1. The number of allylic oxidation sites excluding steroid dienone is 2. The van der Waals surface area contributed by atoms with Gasteiger partial charge in [0.2, 0.25) is 11.8 Å². The van der Waals surface area contributed by atoms with E-state index in [2.05, 4.69) is 52.0 Å². The molecule has 1 aliphatic rings. The van der Waals surface area contributed by atoms with Crippen LogP contribution in [0.1, 0.15) is 79.6 Å². The van der Waals surface area contributed by atoms with Crippen molar-refractivity contribution in [1.29, 1.82) is 0 Å². The van der Waals surface area contributed by atoms with Crippen LogP contribution >= 0.6 is 0 Å². The van der Waals surface area contributed by atoms with Crippen LogP contribution in [0.3, 0.4) is 0 Å².